The first-order valence-electron chi connectivity index (χ1n) is 10.4. The summed E-state index contributed by atoms with van der Waals surface area (Å²) in [5.41, 5.74) is 2.00. The van der Waals surface area contributed by atoms with E-state index in [0.29, 0.717) is 31.7 Å². The number of nitrogens with zero attached hydrogens (tertiary/aromatic N) is 3. The molecule has 0 aromatic heterocycles. The van der Waals surface area contributed by atoms with E-state index in [-0.39, 0.29) is 10.8 Å². The van der Waals surface area contributed by atoms with Gasteiger partial charge in [0.15, 0.2) is 0 Å². The molecule has 7 nitrogen and oxygen atoms in total. The summed E-state index contributed by atoms with van der Waals surface area (Å²) in [5.74, 6) is 0.681. The lowest BCUT2D eigenvalue weighted by molar-refractivity contribution is -0.133. The molecule has 1 fully saturated rings. The van der Waals surface area contributed by atoms with Crippen molar-refractivity contribution >= 4 is 15.9 Å². The third-order valence-electron chi connectivity index (χ3n) is 5.61. The first-order chi connectivity index (χ1) is 14.8. The third-order valence-corrected chi connectivity index (χ3v) is 7.42. The summed E-state index contributed by atoms with van der Waals surface area (Å²) in [4.78, 5) is 17.2. The highest BCUT2D eigenvalue weighted by Crippen LogP contribution is 2.25. The average molecular weight is 446 g/mol. The maximum Gasteiger partial charge on any atom is 0.242 e. The normalized spacial score (nSPS) is 15.3. The maximum absolute atomic E-state index is 12.8. The number of carbonyl (C=O) groups excluding carboxylic acids is 1. The largest absolute Gasteiger partial charge is 0.496 e. The van der Waals surface area contributed by atoms with Crippen molar-refractivity contribution in [3.8, 4) is 5.75 Å². The highest BCUT2D eigenvalue weighted by atomic mass is 32.2. The lowest BCUT2D eigenvalue weighted by Gasteiger charge is -2.35. The van der Waals surface area contributed by atoms with E-state index in [1.54, 1.807) is 19.2 Å². The highest BCUT2D eigenvalue weighted by molar-refractivity contribution is 7.89. The highest BCUT2D eigenvalue weighted by Gasteiger charge is 2.23. The molecule has 1 saturated heterocycles. The van der Waals surface area contributed by atoms with E-state index in [2.05, 4.69) is 17.0 Å². The maximum atomic E-state index is 12.8. The van der Waals surface area contributed by atoms with Crippen molar-refractivity contribution in [1.82, 2.24) is 14.1 Å². The van der Waals surface area contributed by atoms with Crippen LogP contribution in [0.5, 0.6) is 5.75 Å². The van der Waals surface area contributed by atoms with Crippen LogP contribution in [0, 0.1) is 0 Å². The number of ether oxygens (including phenoxy) is 1. The molecule has 2 aromatic rings. The summed E-state index contributed by atoms with van der Waals surface area (Å²) in [5, 5.41) is 0. The molecule has 31 heavy (non-hydrogen) atoms. The van der Waals surface area contributed by atoms with Crippen LogP contribution in [0.4, 0.5) is 0 Å². The molecule has 1 amide bonds. The van der Waals surface area contributed by atoms with E-state index in [9.17, 15) is 13.2 Å². The zero-order valence-electron chi connectivity index (χ0n) is 18.5. The van der Waals surface area contributed by atoms with Crippen molar-refractivity contribution < 1.29 is 17.9 Å². The SMILES string of the molecule is COc1ccc(S(=O)(=O)N(C)C)cc1CCC(=O)N1CCN(Cc2ccccc2)CC1. The molecule has 0 radical (unpaired) electrons. The first kappa shape index (κ1) is 23.2. The Hall–Kier alpha value is -2.42. The number of sulfonamides is 1. The van der Waals surface area contributed by atoms with Crippen LogP contribution < -0.4 is 4.74 Å². The minimum absolute atomic E-state index is 0.0854. The van der Waals surface area contributed by atoms with Crippen LogP contribution in [0.2, 0.25) is 0 Å². The molecule has 8 heteroatoms. The van der Waals surface area contributed by atoms with Crippen LogP contribution in [0.25, 0.3) is 0 Å². The lowest BCUT2D eigenvalue weighted by Crippen LogP contribution is -2.48. The van der Waals surface area contributed by atoms with E-state index in [1.807, 2.05) is 23.1 Å². The van der Waals surface area contributed by atoms with Gasteiger partial charge in [-0.2, -0.15) is 0 Å². The Kier molecular flexibility index (Phi) is 7.69. The minimum atomic E-state index is -3.54. The van der Waals surface area contributed by atoms with Crippen LogP contribution in [0.15, 0.2) is 53.4 Å². The van der Waals surface area contributed by atoms with Gasteiger partial charge in [0.2, 0.25) is 15.9 Å². The Morgan fingerprint density at radius 1 is 1.03 bits per heavy atom. The number of hydrogen-bond acceptors (Lipinski definition) is 5. The van der Waals surface area contributed by atoms with E-state index >= 15 is 0 Å². The van der Waals surface area contributed by atoms with Crippen LogP contribution in [0.3, 0.4) is 0 Å². The van der Waals surface area contributed by atoms with E-state index < -0.39 is 10.0 Å². The summed E-state index contributed by atoms with van der Waals surface area (Å²) in [6.45, 7) is 4.00. The standard InChI is InChI=1S/C23H31N3O4S/c1-24(2)31(28,29)21-10-11-22(30-3)20(17-21)9-12-23(27)26-15-13-25(14-16-26)18-19-7-5-4-6-8-19/h4-8,10-11,17H,9,12-16,18H2,1-3H3. The second-order valence-electron chi connectivity index (χ2n) is 7.90. The molecule has 0 bridgehead atoms. The smallest absolute Gasteiger partial charge is 0.242 e. The van der Waals surface area contributed by atoms with Crippen molar-refractivity contribution in [2.24, 2.45) is 0 Å². The molecule has 0 saturated carbocycles. The van der Waals surface area contributed by atoms with Gasteiger partial charge in [-0.15, -0.1) is 0 Å². The van der Waals surface area contributed by atoms with Gasteiger partial charge >= 0.3 is 0 Å². The van der Waals surface area contributed by atoms with Gasteiger partial charge < -0.3 is 9.64 Å². The molecule has 0 N–H and O–H groups in total. The van der Waals surface area contributed by atoms with Crippen molar-refractivity contribution in [1.29, 1.82) is 0 Å². The van der Waals surface area contributed by atoms with Crippen molar-refractivity contribution in [2.75, 3.05) is 47.4 Å². The second kappa shape index (κ2) is 10.3. The molecular formula is C23H31N3O4S. The fraction of sp³-hybridized carbons (Fsp3) is 0.435. The monoisotopic (exact) mass is 445 g/mol. The molecule has 0 atom stereocenters. The summed E-state index contributed by atoms with van der Waals surface area (Å²) in [6, 6.07) is 15.1. The van der Waals surface area contributed by atoms with Gasteiger partial charge in [0, 0.05) is 53.2 Å². The van der Waals surface area contributed by atoms with Gasteiger partial charge in [-0.1, -0.05) is 30.3 Å². The van der Waals surface area contributed by atoms with Gasteiger partial charge in [-0.3, -0.25) is 9.69 Å². The second-order valence-corrected chi connectivity index (χ2v) is 10.1. The summed E-state index contributed by atoms with van der Waals surface area (Å²) in [6.07, 6.45) is 0.754. The summed E-state index contributed by atoms with van der Waals surface area (Å²) >= 11 is 0. The molecule has 2 aromatic carbocycles. The Balaban J connectivity index is 1.57. The van der Waals surface area contributed by atoms with Gasteiger partial charge in [-0.05, 0) is 35.7 Å². The quantitative estimate of drug-likeness (QED) is 0.623. The van der Waals surface area contributed by atoms with Crippen LogP contribution >= 0.6 is 0 Å². The van der Waals surface area contributed by atoms with Crippen LogP contribution in [0.1, 0.15) is 17.5 Å². The van der Waals surface area contributed by atoms with Gasteiger partial charge in [0.1, 0.15) is 5.75 Å². The number of methoxy groups -OCH3 is 1. The molecule has 1 aliphatic rings. The fourth-order valence-electron chi connectivity index (χ4n) is 3.72. The predicted octanol–water partition coefficient (Wildman–Crippen LogP) is 2.22. The predicted molar refractivity (Wildman–Crippen MR) is 120 cm³/mol. The number of piperazine rings is 1. The Morgan fingerprint density at radius 3 is 2.32 bits per heavy atom. The molecule has 0 spiro atoms. The number of amides is 1. The van der Waals surface area contributed by atoms with Gasteiger partial charge in [-0.25, -0.2) is 12.7 Å². The molecule has 1 aliphatic heterocycles. The third kappa shape index (κ3) is 5.84. The number of benzene rings is 2. The molecule has 0 aliphatic carbocycles. The van der Waals surface area contributed by atoms with Crippen LogP contribution in [-0.4, -0.2) is 75.8 Å². The van der Waals surface area contributed by atoms with Crippen LogP contribution in [-0.2, 0) is 27.8 Å². The van der Waals surface area contributed by atoms with E-state index in [0.717, 1.165) is 25.2 Å². The van der Waals surface area contributed by atoms with Gasteiger partial charge in [0.25, 0.3) is 0 Å². The minimum Gasteiger partial charge on any atom is -0.496 e. The van der Waals surface area contributed by atoms with Crippen molar-refractivity contribution in [3.63, 3.8) is 0 Å². The average Bonchev–Trinajstić information content (AvgIpc) is 2.78. The molecular weight excluding hydrogens is 414 g/mol. The number of hydrogen-bond donors (Lipinski definition) is 0. The number of carbonyl (C=O) groups is 1. The fourth-order valence-corrected chi connectivity index (χ4v) is 4.67. The zero-order chi connectivity index (χ0) is 22.4. The molecule has 168 valence electrons. The Bertz CT molecular complexity index is 985. The zero-order valence-corrected chi connectivity index (χ0v) is 19.3. The molecule has 3 rings (SSSR count). The topological polar surface area (TPSA) is 70.2 Å². The van der Waals surface area contributed by atoms with E-state index in [4.69, 9.17) is 4.74 Å². The lowest BCUT2D eigenvalue weighted by atomic mass is 10.1. The summed E-state index contributed by atoms with van der Waals surface area (Å²) in [7, 11) is 1.01. The van der Waals surface area contributed by atoms with E-state index in [1.165, 1.54) is 30.0 Å². The molecule has 1 heterocycles. The van der Waals surface area contributed by atoms with Crippen molar-refractivity contribution in [3.05, 3.63) is 59.7 Å². The number of aryl methyl sites for hydroxylation is 1. The number of rotatable bonds is 8. The Labute approximate surface area is 185 Å². The first-order valence-corrected chi connectivity index (χ1v) is 11.9. The van der Waals surface area contributed by atoms with Gasteiger partial charge in [0.05, 0.1) is 12.0 Å². The Morgan fingerprint density at radius 2 is 1.71 bits per heavy atom. The summed E-state index contributed by atoms with van der Waals surface area (Å²) < 4.78 is 31.4. The van der Waals surface area contributed by atoms with Crippen molar-refractivity contribution in [2.45, 2.75) is 24.3 Å². The molecule has 0 unspecified atom stereocenters.